The number of nitrogens with zero attached hydrogens (tertiary/aromatic N) is 1. The summed E-state index contributed by atoms with van der Waals surface area (Å²) in [4.78, 5) is 2.34. The molecule has 0 radical (unpaired) electrons. The molecule has 1 aliphatic carbocycles. The van der Waals surface area contributed by atoms with Crippen LogP contribution in [0.2, 0.25) is 0 Å². The van der Waals surface area contributed by atoms with E-state index < -0.39 is 0 Å². The molecule has 1 aliphatic heterocycles. The minimum Gasteiger partial charge on any atom is -0.399 e. The molecular formula is C18H28BNO2. The average Bonchev–Trinajstić information content (AvgIpc) is 2.66. The summed E-state index contributed by atoms with van der Waals surface area (Å²) in [5, 5.41) is 0. The van der Waals surface area contributed by atoms with Crippen LogP contribution in [0.1, 0.15) is 45.2 Å². The lowest BCUT2D eigenvalue weighted by atomic mass is 9.75. The van der Waals surface area contributed by atoms with Crippen molar-refractivity contribution in [1.82, 2.24) is 4.90 Å². The fourth-order valence-corrected chi connectivity index (χ4v) is 3.32. The van der Waals surface area contributed by atoms with Crippen LogP contribution in [-0.2, 0) is 22.2 Å². The first-order valence-electron chi connectivity index (χ1n) is 8.33. The molecule has 1 aromatic carbocycles. The van der Waals surface area contributed by atoms with Gasteiger partial charge in [0.25, 0.3) is 0 Å². The molecule has 1 atom stereocenters. The van der Waals surface area contributed by atoms with Crippen LogP contribution in [0, 0.1) is 0 Å². The van der Waals surface area contributed by atoms with E-state index >= 15 is 0 Å². The first-order chi connectivity index (χ1) is 10.2. The van der Waals surface area contributed by atoms with Crippen molar-refractivity contribution in [2.24, 2.45) is 0 Å². The van der Waals surface area contributed by atoms with Gasteiger partial charge in [-0.2, -0.15) is 0 Å². The van der Waals surface area contributed by atoms with E-state index in [1.165, 1.54) is 17.5 Å². The Morgan fingerprint density at radius 1 is 1.05 bits per heavy atom. The number of fused-ring (bicyclic) bond motifs is 1. The molecule has 0 amide bonds. The first kappa shape index (κ1) is 16.0. The van der Waals surface area contributed by atoms with E-state index in [1.807, 2.05) is 0 Å². The number of likely N-dealkylation sites (N-methyl/N-ethyl adjacent to an activating group) is 1. The summed E-state index contributed by atoms with van der Waals surface area (Å²) in [7, 11) is 4.10. The molecule has 1 heterocycles. The molecule has 2 aliphatic rings. The Morgan fingerprint density at radius 2 is 1.68 bits per heavy atom. The smallest absolute Gasteiger partial charge is 0.399 e. The summed E-state index contributed by atoms with van der Waals surface area (Å²) in [6, 6.07) is 7.41. The number of hydrogen-bond donors (Lipinski definition) is 0. The van der Waals surface area contributed by atoms with E-state index in [9.17, 15) is 0 Å². The first-order valence-corrected chi connectivity index (χ1v) is 8.33. The maximum Gasteiger partial charge on any atom is 0.494 e. The molecule has 1 saturated heterocycles. The molecule has 1 aromatic rings. The molecule has 0 spiro atoms. The van der Waals surface area contributed by atoms with Crippen molar-refractivity contribution >= 4 is 12.6 Å². The molecule has 0 bridgehead atoms. The van der Waals surface area contributed by atoms with Gasteiger partial charge in [-0.15, -0.1) is 0 Å². The molecule has 3 rings (SSSR count). The van der Waals surface area contributed by atoms with Gasteiger partial charge in [-0.1, -0.05) is 18.2 Å². The number of aryl methyl sites for hydroxylation is 1. The Morgan fingerprint density at radius 3 is 2.27 bits per heavy atom. The van der Waals surface area contributed by atoms with Gasteiger partial charge in [0.2, 0.25) is 0 Å². The van der Waals surface area contributed by atoms with Crippen LogP contribution in [0.3, 0.4) is 0 Å². The Kier molecular flexibility index (Phi) is 3.91. The topological polar surface area (TPSA) is 21.7 Å². The predicted molar refractivity (Wildman–Crippen MR) is 91.7 cm³/mol. The summed E-state index contributed by atoms with van der Waals surface area (Å²) in [5.41, 5.74) is 3.55. The van der Waals surface area contributed by atoms with Crippen LogP contribution in [0.15, 0.2) is 18.2 Å². The van der Waals surface area contributed by atoms with Gasteiger partial charge in [0.1, 0.15) is 0 Å². The van der Waals surface area contributed by atoms with Crippen molar-refractivity contribution < 1.29 is 9.31 Å². The van der Waals surface area contributed by atoms with Crippen LogP contribution in [-0.4, -0.2) is 43.4 Å². The van der Waals surface area contributed by atoms with Gasteiger partial charge in [0.15, 0.2) is 0 Å². The van der Waals surface area contributed by atoms with Gasteiger partial charge >= 0.3 is 7.12 Å². The van der Waals surface area contributed by atoms with Crippen LogP contribution >= 0.6 is 0 Å². The number of hydrogen-bond acceptors (Lipinski definition) is 3. The Labute approximate surface area is 135 Å². The molecule has 22 heavy (non-hydrogen) atoms. The van der Waals surface area contributed by atoms with E-state index in [0.29, 0.717) is 6.04 Å². The van der Waals surface area contributed by atoms with Gasteiger partial charge in [-0.3, -0.25) is 0 Å². The van der Waals surface area contributed by atoms with Crippen molar-refractivity contribution in [3.8, 4) is 0 Å². The maximum absolute atomic E-state index is 6.17. The van der Waals surface area contributed by atoms with Crippen molar-refractivity contribution in [1.29, 1.82) is 0 Å². The second kappa shape index (κ2) is 5.36. The highest BCUT2D eigenvalue weighted by molar-refractivity contribution is 6.62. The van der Waals surface area contributed by atoms with Gasteiger partial charge in [-0.05, 0) is 77.6 Å². The highest BCUT2D eigenvalue weighted by Crippen LogP contribution is 2.36. The molecule has 0 N–H and O–H groups in total. The van der Waals surface area contributed by atoms with Gasteiger partial charge in [0, 0.05) is 6.04 Å². The standard InChI is InChI=1S/C18H28BNO2/c1-17(2)18(3,4)22-19(21-17)15-9-7-14-12-16(20(5)6)10-8-13(14)11-15/h7,9,11,16H,8,10,12H2,1-6H3. The van der Waals surface area contributed by atoms with E-state index in [2.05, 4.69) is 64.9 Å². The zero-order chi connectivity index (χ0) is 16.1. The quantitative estimate of drug-likeness (QED) is 0.783. The summed E-state index contributed by atoms with van der Waals surface area (Å²) in [6.45, 7) is 8.42. The predicted octanol–water partition coefficient (Wildman–Crippen LogP) is 2.40. The lowest BCUT2D eigenvalue weighted by Crippen LogP contribution is -2.41. The molecule has 1 unspecified atom stereocenters. The maximum atomic E-state index is 6.17. The summed E-state index contributed by atoms with van der Waals surface area (Å²) in [6.07, 6.45) is 3.52. The molecule has 1 fully saturated rings. The largest absolute Gasteiger partial charge is 0.494 e. The SMILES string of the molecule is CN(C)C1CCc2cc(B3OC(C)(C)C(C)(C)O3)ccc2C1. The van der Waals surface area contributed by atoms with Gasteiger partial charge in [-0.25, -0.2) is 0 Å². The summed E-state index contributed by atoms with van der Waals surface area (Å²) >= 11 is 0. The third-order valence-corrected chi connectivity index (χ3v) is 5.69. The fraction of sp³-hybridized carbons (Fsp3) is 0.667. The molecule has 3 nitrogen and oxygen atoms in total. The second-order valence-corrected chi connectivity index (χ2v) is 7.98. The van der Waals surface area contributed by atoms with E-state index in [4.69, 9.17) is 9.31 Å². The molecule has 0 saturated carbocycles. The Hall–Kier alpha value is -0.835. The second-order valence-electron chi connectivity index (χ2n) is 7.98. The molecule has 4 heteroatoms. The highest BCUT2D eigenvalue weighted by atomic mass is 16.7. The summed E-state index contributed by atoms with van der Waals surface area (Å²) in [5.74, 6) is 0. The zero-order valence-corrected chi connectivity index (χ0v) is 14.8. The normalized spacial score (nSPS) is 26.3. The third-order valence-electron chi connectivity index (χ3n) is 5.69. The lowest BCUT2D eigenvalue weighted by Gasteiger charge is -2.32. The van der Waals surface area contributed by atoms with Crippen LogP contribution < -0.4 is 5.46 Å². The molecule has 120 valence electrons. The summed E-state index contributed by atoms with van der Waals surface area (Å²) < 4.78 is 12.3. The Balaban J connectivity index is 1.81. The fourth-order valence-electron chi connectivity index (χ4n) is 3.32. The van der Waals surface area contributed by atoms with Crippen LogP contribution in [0.25, 0.3) is 0 Å². The minimum absolute atomic E-state index is 0.248. The van der Waals surface area contributed by atoms with Crippen molar-refractivity contribution in [2.45, 2.75) is 64.2 Å². The third kappa shape index (κ3) is 2.73. The van der Waals surface area contributed by atoms with Gasteiger partial charge in [0.05, 0.1) is 11.2 Å². The molecular weight excluding hydrogens is 273 g/mol. The molecule has 0 aromatic heterocycles. The van der Waals surface area contributed by atoms with Crippen molar-refractivity contribution in [3.05, 3.63) is 29.3 Å². The average molecular weight is 301 g/mol. The minimum atomic E-state index is -0.274. The highest BCUT2D eigenvalue weighted by Gasteiger charge is 2.51. The van der Waals surface area contributed by atoms with E-state index in [-0.39, 0.29) is 18.3 Å². The zero-order valence-electron chi connectivity index (χ0n) is 14.8. The van der Waals surface area contributed by atoms with Crippen molar-refractivity contribution in [2.75, 3.05) is 14.1 Å². The Bertz CT molecular complexity index is 552. The van der Waals surface area contributed by atoms with Crippen LogP contribution in [0.5, 0.6) is 0 Å². The monoisotopic (exact) mass is 301 g/mol. The number of rotatable bonds is 2. The lowest BCUT2D eigenvalue weighted by molar-refractivity contribution is 0.00578. The number of benzene rings is 1. The van der Waals surface area contributed by atoms with Crippen LogP contribution in [0.4, 0.5) is 0 Å². The van der Waals surface area contributed by atoms with Crippen molar-refractivity contribution in [3.63, 3.8) is 0 Å². The van der Waals surface area contributed by atoms with Gasteiger partial charge < -0.3 is 14.2 Å². The van der Waals surface area contributed by atoms with E-state index in [0.717, 1.165) is 18.3 Å². The van der Waals surface area contributed by atoms with E-state index in [1.54, 1.807) is 0 Å².